The number of ketones is 1. The van der Waals surface area contributed by atoms with Gasteiger partial charge in [-0.25, -0.2) is 0 Å². The maximum atomic E-state index is 12.3. The standard InChI is InChI=1S/C15H14N2O3S/c1-16-14(19)10-7-9-11(17-15(10)20)5-8(6-12(9)18)13-3-2-4-21-13/h2-4,7-8H,5-6H2,1H3,(H,16,19)(H,17,20). The number of thiophene rings is 1. The third kappa shape index (κ3) is 2.42. The van der Waals surface area contributed by atoms with Crippen molar-refractivity contribution in [3.05, 3.63) is 55.6 Å². The highest BCUT2D eigenvalue weighted by atomic mass is 32.1. The highest BCUT2D eigenvalue weighted by molar-refractivity contribution is 7.10. The van der Waals surface area contributed by atoms with E-state index in [1.807, 2.05) is 17.5 Å². The van der Waals surface area contributed by atoms with Gasteiger partial charge in [0.2, 0.25) is 0 Å². The summed E-state index contributed by atoms with van der Waals surface area (Å²) < 4.78 is 0. The van der Waals surface area contributed by atoms with E-state index < -0.39 is 11.5 Å². The molecule has 0 fully saturated rings. The number of fused-ring (bicyclic) bond motifs is 1. The molecule has 1 aliphatic carbocycles. The molecule has 1 amide bonds. The summed E-state index contributed by atoms with van der Waals surface area (Å²) in [6, 6.07) is 5.38. The molecule has 5 nitrogen and oxygen atoms in total. The first-order valence-corrected chi connectivity index (χ1v) is 7.53. The third-order valence-electron chi connectivity index (χ3n) is 3.72. The Labute approximate surface area is 125 Å². The largest absolute Gasteiger partial charge is 0.355 e. The Balaban J connectivity index is 2.03. The number of amides is 1. The van der Waals surface area contributed by atoms with Crippen LogP contribution in [-0.4, -0.2) is 23.7 Å². The minimum atomic E-state index is -0.479. The Morgan fingerprint density at radius 3 is 2.86 bits per heavy atom. The molecule has 1 unspecified atom stereocenters. The predicted octanol–water partition coefficient (Wildman–Crippen LogP) is 1.71. The number of H-pyrrole nitrogens is 1. The van der Waals surface area contributed by atoms with Gasteiger partial charge in [0.05, 0.1) is 0 Å². The Bertz CT molecular complexity index is 762. The maximum Gasteiger partial charge on any atom is 0.261 e. The second kappa shape index (κ2) is 5.29. The normalized spacial score (nSPS) is 17.4. The van der Waals surface area contributed by atoms with E-state index in [0.717, 1.165) is 4.88 Å². The highest BCUT2D eigenvalue weighted by Crippen LogP contribution is 2.33. The van der Waals surface area contributed by atoms with Crippen molar-refractivity contribution in [3.63, 3.8) is 0 Å². The van der Waals surface area contributed by atoms with Gasteiger partial charge in [0.1, 0.15) is 5.56 Å². The van der Waals surface area contributed by atoms with Crippen molar-refractivity contribution in [3.8, 4) is 0 Å². The molecule has 2 N–H and O–H groups in total. The summed E-state index contributed by atoms with van der Waals surface area (Å²) in [7, 11) is 1.45. The number of aromatic nitrogens is 1. The lowest BCUT2D eigenvalue weighted by atomic mass is 9.84. The molecular weight excluding hydrogens is 288 g/mol. The molecule has 3 rings (SSSR count). The number of hydrogen-bond acceptors (Lipinski definition) is 4. The average molecular weight is 302 g/mol. The van der Waals surface area contributed by atoms with Crippen molar-refractivity contribution in [1.29, 1.82) is 0 Å². The number of carbonyl (C=O) groups excluding carboxylic acids is 2. The van der Waals surface area contributed by atoms with Gasteiger partial charge in [0.25, 0.3) is 11.5 Å². The van der Waals surface area contributed by atoms with E-state index in [9.17, 15) is 14.4 Å². The van der Waals surface area contributed by atoms with Crippen molar-refractivity contribution in [1.82, 2.24) is 10.3 Å². The zero-order valence-electron chi connectivity index (χ0n) is 11.4. The summed E-state index contributed by atoms with van der Waals surface area (Å²) >= 11 is 1.61. The van der Waals surface area contributed by atoms with E-state index in [0.29, 0.717) is 24.1 Å². The minimum absolute atomic E-state index is 0.0147. The Morgan fingerprint density at radius 2 is 2.19 bits per heavy atom. The summed E-state index contributed by atoms with van der Waals surface area (Å²) in [6.07, 6.45) is 1.03. The third-order valence-corrected chi connectivity index (χ3v) is 4.76. The van der Waals surface area contributed by atoms with Crippen LogP contribution in [0.2, 0.25) is 0 Å². The number of pyridine rings is 1. The summed E-state index contributed by atoms with van der Waals surface area (Å²) in [5.41, 5.74) is 0.621. The minimum Gasteiger partial charge on any atom is -0.355 e. The molecule has 2 heterocycles. The van der Waals surface area contributed by atoms with Gasteiger partial charge in [0, 0.05) is 35.5 Å². The predicted molar refractivity (Wildman–Crippen MR) is 80.2 cm³/mol. The molecule has 108 valence electrons. The Morgan fingerprint density at radius 1 is 1.38 bits per heavy atom. The maximum absolute atomic E-state index is 12.3. The summed E-state index contributed by atoms with van der Waals surface area (Å²) in [4.78, 5) is 39.8. The monoisotopic (exact) mass is 302 g/mol. The fraction of sp³-hybridized carbons (Fsp3) is 0.267. The molecule has 1 atom stereocenters. The van der Waals surface area contributed by atoms with Crippen LogP contribution >= 0.6 is 11.3 Å². The first kappa shape index (κ1) is 13.8. The molecular formula is C15H14N2O3S. The van der Waals surface area contributed by atoms with Crippen LogP contribution in [0, 0.1) is 0 Å². The van der Waals surface area contributed by atoms with Crippen LogP contribution in [0.25, 0.3) is 0 Å². The molecule has 0 aromatic carbocycles. The van der Waals surface area contributed by atoms with Crippen LogP contribution in [0.1, 0.15) is 43.6 Å². The van der Waals surface area contributed by atoms with E-state index >= 15 is 0 Å². The van der Waals surface area contributed by atoms with Crippen LogP contribution in [-0.2, 0) is 6.42 Å². The molecule has 0 radical (unpaired) electrons. The molecule has 2 aromatic heterocycles. The van der Waals surface area contributed by atoms with Crippen molar-refractivity contribution in [2.75, 3.05) is 7.05 Å². The Kier molecular flexibility index (Phi) is 3.47. The van der Waals surface area contributed by atoms with E-state index in [1.165, 1.54) is 13.1 Å². The number of nitrogens with one attached hydrogen (secondary N) is 2. The van der Waals surface area contributed by atoms with Crippen LogP contribution in [0.15, 0.2) is 28.4 Å². The molecule has 0 saturated carbocycles. The molecule has 21 heavy (non-hydrogen) atoms. The molecule has 0 aliphatic heterocycles. The van der Waals surface area contributed by atoms with Crippen molar-refractivity contribution >= 4 is 23.0 Å². The zero-order chi connectivity index (χ0) is 15.0. The highest BCUT2D eigenvalue weighted by Gasteiger charge is 2.29. The van der Waals surface area contributed by atoms with Gasteiger partial charge in [-0.1, -0.05) is 6.07 Å². The number of aromatic amines is 1. The fourth-order valence-electron chi connectivity index (χ4n) is 2.66. The van der Waals surface area contributed by atoms with Gasteiger partial charge in [-0.2, -0.15) is 0 Å². The first-order valence-electron chi connectivity index (χ1n) is 6.65. The van der Waals surface area contributed by atoms with E-state index in [-0.39, 0.29) is 17.3 Å². The fourth-order valence-corrected chi connectivity index (χ4v) is 3.49. The summed E-state index contributed by atoms with van der Waals surface area (Å²) in [6.45, 7) is 0. The van der Waals surface area contributed by atoms with Gasteiger partial charge in [-0.3, -0.25) is 14.4 Å². The second-order valence-corrected chi connectivity index (χ2v) is 6.01. The van der Waals surface area contributed by atoms with Crippen molar-refractivity contribution in [2.45, 2.75) is 18.8 Å². The quantitative estimate of drug-likeness (QED) is 0.886. The number of hydrogen-bond donors (Lipinski definition) is 2. The molecule has 0 spiro atoms. The number of rotatable bonds is 2. The van der Waals surface area contributed by atoms with Crippen LogP contribution in [0.4, 0.5) is 0 Å². The lowest BCUT2D eigenvalue weighted by Gasteiger charge is -2.22. The van der Waals surface area contributed by atoms with Crippen molar-refractivity contribution < 1.29 is 9.59 Å². The first-order chi connectivity index (χ1) is 10.1. The molecule has 2 aromatic rings. The second-order valence-electron chi connectivity index (χ2n) is 5.03. The lowest BCUT2D eigenvalue weighted by Crippen LogP contribution is -2.30. The summed E-state index contributed by atoms with van der Waals surface area (Å²) in [5, 5.41) is 4.39. The van der Waals surface area contributed by atoms with Gasteiger partial charge in [0.15, 0.2) is 5.78 Å². The molecule has 0 bridgehead atoms. The van der Waals surface area contributed by atoms with Crippen LogP contribution in [0.3, 0.4) is 0 Å². The van der Waals surface area contributed by atoms with Gasteiger partial charge >= 0.3 is 0 Å². The van der Waals surface area contributed by atoms with E-state index in [1.54, 1.807) is 11.3 Å². The topological polar surface area (TPSA) is 79.0 Å². The lowest BCUT2D eigenvalue weighted by molar-refractivity contribution is 0.0961. The summed E-state index contributed by atoms with van der Waals surface area (Å²) in [5.74, 6) is -0.408. The van der Waals surface area contributed by atoms with Gasteiger partial charge < -0.3 is 10.3 Å². The van der Waals surface area contributed by atoms with E-state index in [4.69, 9.17) is 0 Å². The van der Waals surface area contributed by atoms with Crippen LogP contribution in [0.5, 0.6) is 0 Å². The number of carbonyl (C=O) groups is 2. The smallest absolute Gasteiger partial charge is 0.261 e. The zero-order valence-corrected chi connectivity index (χ0v) is 12.3. The van der Waals surface area contributed by atoms with Crippen molar-refractivity contribution in [2.24, 2.45) is 0 Å². The molecule has 6 heteroatoms. The SMILES string of the molecule is CNC(=O)c1cc2c([nH]c1=O)CC(c1cccs1)CC2=O. The average Bonchev–Trinajstić information content (AvgIpc) is 3.00. The van der Waals surface area contributed by atoms with E-state index in [2.05, 4.69) is 10.3 Å². The molecule has 1 aliphatic rings. The van der Waals surface area contributed by atoms with Gasteiger partial charge in [-0.05, 0) is 23.9 Å². The van der Waals surface area contributed by atoms with Crippen LogP contribution < -0.4 is 10.9 Å². The number of Topliss-reactive ketones (excluding diaryl/α,β-unsaturated/α-hetero) is 1. The van der Waals surface area contributed by atoms with Gasteiger partial charge in [-0.15, -0.1) is 11.3 Å². The molecule has 0 saturated heterocycles. The Hall–Kier alpha value is -2.21.